The normalized spacial score (nSPS) is 56.5. The van der Waals surface area contributed by atoms with Gasteiger partial charge >= 0.3 is 0 Å². The van der Waals surface area contributed by atoms with Crippen molar-refractivity contribution >= 4 is 0 Å². The summed E-state index contributed by atoms with van der Waals surface area (Å²) in [6.45, 7) is 4.85. The van der Waals surface area contributed by atoms with Crippen molar-refractivity contribution in [1.82, 2.24) is 0 Å². The Morgan fingerprint density at radius 2 is 1.71 bits per heavy atom. The molecule has 96 valence electrons. The highest BCUT2D eigenvalue weighted by atomic mass is 14.7. The molecular formula is C17H28. The van der Waals surface area contributed by atoms with Gasteiger partial charge in [-0.05, 0) is 85.9 Å². The fraction of sp³-hybridized carbons (Fsp3) is 1.00. The van der Waals surface area contributed by atoms with Crippen LogP contribution in [0.15, 0.2) is 0 Å². The van der Waals surface area contributed by atoms with Crippen LogP contribution in [-0.2, 0) is 0 Å². The van der Waals surface area contributed by atoms with E-state index in [1.54, 1.807) is 38.5 Å². The number of hydrogen-bond donors (Lipinski definition) is 0. The molecule has 0 aliphatic heterocycles. The number of fused-ring (bicyclic) bond motifs is 9. The van der Waals surface area contributed by atoms with Crippen molar-refractivity contribution in [2.75, 3.05) is 0 Å². The zero-order chi connectivity index (χ0) is 11.6. The molecule has 0 spiro atoms. The highest BCUT2D eigenvalue weighted by Gasteiger charge is 2.61. The summed E-state index contributed by atoms with van der Waals surface area (Å²) in [7, 11) is 0. The van der Waals surface area contributed by atoms with E-state index in [1.807, 2.05) is 0 Å². The van der Waals surface area contributed by atoms with E-state index >= 15 is 0 Å². The zero-order valence-corrected chi connectivity index (χ0v) is 11.6. The van der Waals surface area contributed by atoms with Crippen LogP contribution < -0.4 is 0 Å². The Balaban J connectivity index is 1.51. The Kier molecular flexibility index (Phi) is 2.40. The second-order valence-corrected chi connectivity index (χ2v) is 7.89. The van der Waals surface area contributed by atoms with E-state index in [4.69, 9.17) is 0 Å². The van der Waals surface area contributed by atoms with Crippen LogP contribution in [0.1, 0.15) is 58.8 Å². The van der Waals surface area contributed by atoms with Crippen LogP contribution in [-0.4, -0.2) is 0 Å². The fourth-order valence-electron chi connectivity index (χ4n) is 6.66. The van der Waals surface area contributed by atoms with Gasteiger partial charge in [-0.3, -0.25) is 0 Å². The zero-order valence-electron chi connectivity index (χ0n) is 11.6. The van der Waals surface area contributed by atoms with Crippen LogP contribution in [0, 0.1) is 47.3 Å². The van der Waals surface area contributed by atoms with Crippen molar-refractivity contribution < 1.29 is 0 Å². The van der Waals surface area contributed by atoms with Crippen molar-refractivity contribution in [1.29, 1.82) is 0 Å². The van der Waals surface area contributed by atoms with E-state index in [1.165, 1.54) is 41.9 Å². The maximum Gasteiger partial charge on any atom is -0.0321 e. The summed E-state index contributed by atoms with van der Waals surface area (Å²) in [6, 6.07) is 0. The predicted octanol–water partition coefficient (Wildman–Crippen LogP) is 4.74. The minimum atomic E-state index is 0.983. The van der Waals surface area contributed by atoms with Crippen molar-refractivity contribution in [2.45, 2.75) is 58.8 Å². The molecule has 4 saturated carbocycles. The lowest BCUT2D eigenvalue weighted by atomic mass is 9.66. The molecule has 4 fully saturated rings. The Morgan fingerprint density at radius 1 is 0.941 bits per heavy atom. The third-order valence-corrected chi connectivity index (χ3v) is 7.27. The van der Waals surface area contributed by atoms with Crippen LogP contribution in [0.2, 0.25) is 0 Å². The first-order chi connectivity index (χ1) is 8.28. The second-order valence-electron chi connectivity index (χ2n) is 7.89. The highest BCUT2D eigenvalue weighted by Crippen LogP contribution is 2.69. The van der Waals surface area contributed by atoms with E-state index < -0.39 is 0 Å². The van der Waals surface area contributed by atoms with Crippen LogP contribution >= 0.6 is 0 Å². The largest absolute Gasteiger partial charge is 0.0651 e. The molecule has 0 amide bonds. The van der Waals surface area contributed by atoms with Gasteiger partial charge in [0.05, 0.1) is 0 Å². The van der Waals surface area contributed by atoms with Crippen molar-refractivity contribution in [3.63, 3.8) is 0 Å². The van der Waals surface area contributed by atoms with E-state index in [9.17, 15) is 0 Å². The third-order valence-electron chi connectivity index (χ3n) is 7.27. The fourth-order valence-corrected chi connectivity index (χ4v) is 6.66. The van der Waals surface area contributed by atoms with Gasteiger partial charge in [-0.25, -0.2) is 0 Å². The molecule has 8 atom stereocenters. The molecule has 0 aromatic heterocycles. The van der Waals surface area contributed by atoms with E-state index in [-0.39, 0.29) is 0 Å². The van der Waals surface area contributed by atoms with Gasteiger partial charge in [-0.2, -0.15) is 0 Å². The van der Waals surface area contributed by atoms with Crippen molar-refractivity contribution in [3.05, 3.63) is 0 Å². The average molecular weight is 232 g/mol. The van der Waals surface area contributed by atoms with Gasteiger partial charge in [0.15, 0.2) is 0 Å². The molecular weight excluding hydrogens is 204 g/mol. The summed E-state index contributed by atoms with van der Waals surface area (Å²) in [5.74, 6) is 9.26. The minimum Gasteiger partial charge on any atom is -0.0651 e. The molecule has 0 aromatic rings. The number of rotatable bonds is 3. The summed E-state index contributed by atoms with van der Waals surface area (Å²) >= 11 is 0. The summed E-state index contributed by atoms with van der Waals surface area (Å²) < 4.78 is 0. The van der Waals surface area contributed by atoms with E-state index in [0.29, 0.717) is 0 Å². The quantitative estimate of drug-likeness (QED) is 0.616. The third kappa shape index (κ3) is 1.42. The summed E-state index contributed by atoms with van der Waals surface area (Å²) in [4.78, 5) is 0. The molecule has 0 N–H and O–H groups in total. The molecule has 0 nitrogen and oxygen atoms in total. The van der Waals surface area contributed by atoms with Crippen molar-refractivity contribution in [3.8, 4) is 0 Å². The molecule has 4 bridgehead atoms. The molecule has 0 heterocycles. The summed E-state index contributed by atoms with van der Waals surface area (Å²) in [6.07, 6.45) is 11.1. The molecule has 0 radical (unpaired) electrons. The van der Waals surface area contributed by atoms with Gasteiger partial charge < -0.3 is 0 Å². The molecule has 0 heteroatoms. The lowest BCUT2D eigenvalue weighted by Crippen LogP contribution is -2.33. The molecule has 4 aliphatic carbocycles. The average Bonchev–Trinajstić information content (AvgIpc) is 3.06. The Hall–Kier alpha value is 0. The van der Waals surface area contributed by atoms with Gasteiger partial charge in [0.1, 0.15) is 0 Å². The summed E-state index contributed by atoms with van der Waals surface area (Å²) in [5.41, 5.74) is 0. The lowest BCUT2D eigenvalue weighted by Gasteiger charge is -2.39. The molecule has 0 aromatic carbocycles. The van der Waals surface area contributed by atoms with Gasteiger partial charge in [-0.1, -0.05) is 20.3 Å². The molecule has 17 heavy (non-hydrogen) atoms. The first-order valence-corrected chi connectivity index (χ1v) is 8.28. The Morgan fingerprint density at radius 3 is 2.47 bits per heavy atom. The van der Waals surface area contributed by atoms with Crippen LogP contribution in [0.3, 0.4) is 0 Å². The Labute approximate surface area is 107 Å². The first kappa shape index (κ1) is 10.9. The predicted molar refractivity (Wildman–Crippen MR) is 71.6 cm³/mol. The van der Waals surface area contributed by atoms with Crippen LogP contribution in [0.5, 0.6) is 0 Å². The van der Waals surface area contributed by atoms with Gasteiger partial charge in [-0.15, -0.1) is 0 Å². The highest BCUT2D eigenvalue weighted by molar-refractivity contribution is 5.10. The van der Waals surface area contributed by atoms with Crippen molar-refractivity contribution in [2.24, 2.45) is 47.3 Å². The molecule has 8 unspecified atom stereocenters. The second kappa shape index (κ2) is 3.75. The SMILES string of the molecule is CCC(C)CC1CC2CC1C1C3CCC(C3)C21. The molecule has 0 saturated heterocycles. The maximum atomic E-state index is 2.48. The monoisotopic (exact) mass is 232 g/mol. The molecule has 4 rings (SSSR count). The minimum absolute atomic E-state index is 0.983. The smallest absolute Gasteiger partial charge is 0.0321 e. The molecule has 4 aliphatic rings. The van der Waals surface area contributed by atoms with E-state index in [0.717, 1.165) is 11.8 Å². The Bertz CT molecular complexity index is 307. The topological polar surface area (TPSA) is 0 Å². The van der Waals surface area contributed by atoms with Crippen LogP contribution in [0.25, 0.3) is 0 Å². The van der Waals surface area contributed by atoms with Gasteiger partial charge in [0, 0.05) is 0 Å². The number of hydrogen-bond acceptors (Lipinski definition) is 0. The standard InChI is InChI=1S/C17H28/c1-3-10(2)6-13-8-14-9-15(13)17-12-5-4-11(7-12)16(14)17/h10-17H,3-9H2,1-2H3. The first-order valence-electron chi connectivity index (χ1n) is 8.28. The van der Waals surface area contributed by atoms with Gasteiger partial charge in [0.2, 0.25) is 0 Å². The van der Waals surface area contributed by atoms with E-state index in [2.05, 4.69) is 13.8 Å². The maximum absolute atomic E-state index is 2.48. The lowest BCUT2D eigenvalue weighted by molar-refractivity contribution is 0.0936. The van der Waals surface area contributed by atoms with Crippen LogP contribution in [0.4, 0.5) is 0 Å². The van der Waals surface area contributed by atoms with Gasteiger partial charge in [0.25, 0.3) is 0 Å². The summed E-state index contributed by atoms with van der Waals surface area (Å²) in [5, 5.41) is 0.